The van der Waals surface area contributed by atoms with Crippen LogP contribution >= 0.6 is 11.6 Å². The number of pyridine rings is 1. The van der Waals surface area contributed by atoms with E-state index in [9.17, 15) is 4.79 Å². The van der Waals surface area contributed by atoms with Gasteiger partial charge in [0.25, 0.3) is 0 Å². The number of nitrogens with zero attached hydrogens (tertiary/aromatic N) is 4. The van der Waals surface area contributed by atoms with Gasteiger partial charge in [-0.3, -0.25) is 4.98 Å². The summed E-state index contributed by atoms with van der Waals surface area (Å²) in [5.74, 6) is -0.496. The van der Waals surface area contributed by atoms with Gasteiger partial charge in [0.05, 0.1) is 6.61 Å². The maximum Gasteiger partial charge on any atom is 0.359 e. The number of rotatable bonds is 4. The highest BCUT2D eigenvalue weighted by atomic mass is 35.5. The van der Waals surface area contributed by atoms with Crippen molar-refractivity contribution in [3.63, 3.8) is 0 Å². The molecule has 0 unspecified atom stereocenters. The lowest BCUT2D eigenvalue weighted by Gasteiger charge is -2.04. The van der Waals surface area contributed by atoms with E-state index in [1.807, 2.05) is 19.1 Å². The fourth-order valence-electron chi connectivity index (χ4n) is 2.27. The highest BCUT2D eigenvalue weighted by Crippen LogP contribution is 2.25. The largest absolute Gasteiger partial charge is 0.461 e. The Balaban J connectivity index is 2.21. The van der Waals surface area contributed by atoms with E-state index in [0.29, 0.717) is 11.3 Å². The van der Waals surface area contributed by atoms with Gasteiger partial charge in [0.2, 0.25) is 0 Å². The van der Waals surface area contributed by atoms with Crippen LogP contribution in [0, 0.1) is 0 Å². The molecule has 0 saturated heterocycles. The van der Waals surface area contributed by atoms with Gasteiger partial charge < -0.3 is 4.74 Å². The van der Waals surface area contributed by atoms with E-state index in [2.05, 4.69) is 15.1 Å². The smallest absolute Gasteiger partial charge is 0.359 e. The fourth-order valence-corrected chi connectivity index (χ4v) is 2.41. The Kier molecular flexibility index (Phi) is 4.25. The Labute approximate surface area is 138 Å². The van der Waals surface area contributed by atoms with Crippen LogP contribution in [0.1, 0.15) is 30.0 Å². The fraction of sp³-hybridized carbons (Fsp3) is 0.250. The van der Waals surface area contributed by atoms with Gasteiger partial charge in [-0.05, 0) is 37.6 Å². The topological polar surface area (TPSA) is 69.4 Å². The van der Waals surface area contributed by atoms with Crippen molar-refractivity contribution in [2.24, 2.45) is 0 Å². The molecule has 118 valence electrons. The molecule has 23 heavy (non-hydrogen) atoms. The third kappa shape index (κ3) is 2.90. The molecule has 0 spiro atoms. The van der Waals surface area contributed by atoms with Crippen LogP contribution in [0.3, 0.4) is 0 Å². The Morgan fingerprint density at radius 1 is 1.26 bits per heavy atom. The summed E-state index contributed by atoms with van der Waals surface area (Å²) in [4.78, 5) is 21.2. The molecule has 3 rings (SSSR count). The molecular formula is C16H15ClN4O2. The van der Waals surface area contributed by atoms with E-state index in [-0.39, 0.29) is 17.5 Å². The Morgan fingerprint density at radius 3 is 2.74 bits per heavy atom. The van der Waals surface area contributed by atoms with Crippen LogP contribution in [0.15, 0.2) is 30.5 Å². The summed E-state index contributed by atoms with van der Waals surface area (Å²) in [6, 6.07) is 7.13. The molecule has 3 aromatic heterocycles. The van der Waals surface area contributed by atoms with Crippen LogP contribution < -0.4 is 0 Å². The van der Waals surface area contributed by atoms with Gasteiger partial charge in [-0.25, -0.2) is 14.3 Å². The summed E-state index contributed by atoms with van der Waals surface area (Å²) in [7, 11) is 0. The SMILES string of the molecule is CCOC(=O)c1c(-c2ccc(CC)nc2)nc2ccc(Cl)nn12. The molecule has 0 fully saturated rings. The molecule has 7 heteroatoms. The summed E-state index contributed by atoms with van der Waals surface area (Å²) in [5, 5.41) is 4.43. The maximum absolute atomic E-state index is 12.4. The molecular weight excluding hydrogens is 316 g/mol. The lowest BCUT2D eigenvalue weighted by Crippen LogP contribution is -2.11. The average Bonchev–Trinajstić information content (AvgIpc) is 2.93. The van der Waals surface area contributed by atoms with Crippen molar-refractivity contribution in [3.05, 3.63) is 47.0 Å². The number of carbonyl (C=O) groups is 1. The highest BCUT2D eigenvalue weighted by Gasteiger charge is 2.23. The second-order valence-electron chi connectivity index (χ2n) is 4.85. The van der Waals surface area contributed by atoms with E-state index in [1.165, 1.54) is 4.52 Å². The normalized spacial score (nSPS) is 10.9. The van der Waals surface area contributed by atoms with Crippen LogP contribution in [0.5, 0.6) is 0 Å². The first-order valence-electron chi connectivity index (χ1n) is 7.31. The van der Waals surface area contributed by atoms with Gasteiger partial charge in [-0.15, -0.1) is 0 Å². The molecule has 0 atom stereocenters. The van der Waals surface area contributed by atoms with Crippen LogP contribution in [0.25, 0.3) is 16.9 Å². The monoisotopic (exact) mass is 330 g/mol. The molecule has 0 saturated carbocycles. The van der Waals surface area contributed by atoms with Crippen molar-refractivity contribution in [2.75, 3.05) is 6.61 Å². The van der Waals surface area contributed by atoms with Gasteiger partial charge in [0, 0.05) is 17.5 Å². The summed E-state index contributed by atoms with van der Waals surface area (Å²) in [6.07, 6.45) is 2.54. The van der Waals surface area contributed by atoms with Crippen LogP contribution in [0.2, 0.25) is 5.15 Å². The zero-order valence-electron chi connectivity index (χ0n) is 12.8. The first-order chi connectivity index (χ1) is 11.1. The van der Waals surface area contributed by atoms with E-state index >= 15 is 0 Å². The zero-order valence-corrected chi connectivity index (χ0v) is 13.5. The molecule has 0 bridgehead atoms. The van der Waals surface area contributed by atoms with E-state index in [0.717, 1.165) is 17.7 Å². The highest BCUT2D eigenvalue weighted by molar-refractivity contribution is 6.29. The van der Waals surface area contributed by atoms with Crippen molar-refractivity contribution in [3.8, 4) is 11.3 Å². The van der Waals surface area contributed by atoms with Gasteiger partial charge in [-0.1, -0.05) is 18.5 Å². The molecule has 0 amide bonds. The van der Waals surface area contributed by atoms with Crippen molar-refractivity contribution in [1.29, 1.82) is 0 Å². The number of aryl methyl sites for hydroxylation is 1. The first kappa shape index (κ1) is 15.4. The summed E-state index contributed by atoms with van der Waals surface area (Å²) >= 11 is 5.94. The second-order valence-corrected chi connectivity index (χ2v) is 5.23. The number of fused-ring (bicyclic) bond motifs is 1. The third-order valence-electron chi connectivity index (χ3n) is 3.37. The first-order valence-corrected chi connectivity index (χ1v) is 7.69. The minimum Gasteiger partial charge on any atom is -0.461 e. The van der Waals surface area contributed by atoms with Crippen molar-refractivity contribution >= 4 is 23.2 Å². The number of aromatic nitrogens is 4. The Hall–Kier alpha value is -2.47. The van der Waals surface area contributed by atoms with E-state index in [4.69, 9.17) is 16.3 Å². The molecule has 0 radical (unpaired) electrons. The molecule has 0 aliphatic heterocycles. The number of carbonyl (C=O) groups excluding carboxylic acids is 1. The number of hydrogen-bond donors (Lipinski definition) is 0. The summed E-state index contributed by atoms with van der Waals surface area (Å²) in [6.45, 7) is 4.04. The molecule has 0 aliphatic rings. The molecule has 6 nitrogen and oxygen atoms in total. The van der Waals surface area contributed by atoms with Gasteiger partial charge >= 0.3 is 5.97 Å². The standard InChI is InChI=1S/C16H15ClN4O2/c1-3-11-6-5-10(9-18-11)14-15(16(22)23-4-2)21-13(19-14)8-7-12(17)20-21/h5-9H,3-4H2,1-2H3. The second kappa shape index (κ2) is 6.34. The van der Waals surface area contributed by atoms with Gasteiger partial charge in [0.1, 0.15) is 10.8 Å². The summed E-state index contributed by atoms with van der Waals surface area (Å²) < 4.78 is 6.54. The van der Waals surface area contributed by atoms with Gasteiger partial charge in [0.15, 0.2) is 11.3 Å². The predicted molar refractivity (Wildman–Crippen MR) is 86.6 cm³/mol. The zero-order chi connectivity index (χ0) is 16.4. The van der Waals surface area contributed by atoms with Gasteiger partial charge in [-0.2, -0.15) is 5.10 Å². The summed E-state index contributed by atoms with van der Waals surface area (Å²) in [5.41, 5.74) is 2.94. The Morgan fingerprint density at radius 2 is 2.09 bits per heavy atom. The number of ether oxygens (including phenoxy) is 1. The van der Waals surface area contributed by atoms with Crippen molar-refractivity contribution in [1.82, 2.24) is 19.6 Å². The average molecular weight is 331 g/mol. The molecule has 3 heterocycles. The minimum atomic E-state index is -0.496. The quantitative estimate of drug-likeness (QED) is 0.687. The lowest BCUT2D eigenvalue weighted by atomic mass is 10.1. The molecule has 3 aromatic rings. The number of esters is 1. The molecule has 0 N–H and O–H groups in total. The predicted octanol–water partition coefficient (Wildman–Crippen LogP) is 3.18. The van der Waals surface area contributed by atoms with Crippen molar-refractivity contribution < 1.29 is 9.53 Å². The number of halogens is 1. The third-order valence-corrected chi connectivity index (χ3v) is 3.58. The maximum atomic E-state index is 12.4. The van der Waals surface area contributed by atoms with Crippen LogP contribution in [-0.2, 0) is 11.2 Å². The number of hydrogen-bond acceptors (Lipinski definition) is 5. The van der Waals surface area contributed by atoms with E-state index in [1.54, 1.807) is 25.3 Å². The van der Waals surface area contributed by atoms with E-state index < -0.39 is 5.97 Å². The van der Waals surface area contributed by atoms with Crippen molar-refractivity contribution in [2.45, 2.75) is 20.3 Å². The minimum absolute atomic E-state index is 0.246. The lowest BCUT2D eigenvalue weighted by molar-refractivity contribution is 0.0518. The number of imidazole rings is 1. The van der Waals surface area contributed by atoms with Crippen LogP contribution in [-0.4, -0.2) is 32.2 Å². The molecule has 0 aromatic carbocycles. The Bertz CT molecular complexity index is 858. The molecule has 0 aliphatic carbocycles. The van der Waals surface area contributed by atoms with Crippen LogP contribution in [0.4, 0.5) is 0 Å².